The molecule has 12 nitrogen and oxygen atoms in total. The summed E-state index contributed by atoms with van der Waals surface area (Å²) in [6.07, 6.45) is 0.683. The van der Waals surface area contributed by atoms with E-state index in [4.69, 9.17) is 14.2 Å². The molecule has 3 heterocycles. The molecule has 47 heavy (non-hydrogen) atoms. The Hall–Kier alpha value is -4.30. The van der Waals surface area contributed by atoms with E-state index in [1.165, 1.54) is 6.92 Å². The molecule has 1 aromatic heterocycles. The molecule has 0 radical (unpaired) electrons. The summed E-state index contributed by atoms with van der Waals surface area (Å²) in [5.41, 5.74) is 1.47. The third-order valence-electron chi connectivity index (χ3n) is 9.86. The van der Waals surface area contributed by atoms with Crippen molar-refractivity contribution >= 4 is 52.5 Å². The minimum absolute atomic E-state index is 0.0473. The molecule has 2 aliphatic carbocycles. The lowest BCUT2D eigenvalue weighted by Gasteiger charge is -2.43. The number of nitrogens with one attached hydrogen (secondary N) is 2. The number of methoxy groups -OCH3 is 1. The summed E-state index contributed by atoms with van der Waals surface area (Å²) >= 11 is 2.70. The molecule has 2 saturated carbocycles. The number of fused-ring (bicyclic) bond motifs is 9. The summed E-state index contributed by atoms with van der Waals surface area (Å²) in [6, 6.07) is 11.2. The van der Waals surface area contributed by atoms with E-state index >= 15 is 0 Å². The molecule has 3 aromatic rings. The lowest BCUT2D eigenvalue weighted by molar-refractivity contribution is -0.154. The number of carboxylic acid groups (broad SMARTS) is 1. The molecule has 7 rings (SSSR count). The van der Waals surface area contributed by atoms with Gasteiger partial charge in [-0.15, -0.1) is 11.8 Å². The molecule has 1 saturated heterocycles. The van der Waals surface area contributed by atoms with Gasteiger partial charge in [0, 0.05) is 21.7 Å². The van der Waals surface area contributed by atoms with Crippen molar-refractivity contribution in [1.82, 2.24) is 9.88 Å². The molecule has 4 aliphatic rings. The average molecular weight is 680 g/mol. The number of carbonyl (C=O) groups is 4. The van der Waals surface area contributed by atoms with E-state index in [1.54, 1.807) is 49.2 Å². The van der Waals surface area contributed by atoms with Crippen LogP contribution in [-0.2, 0) is 19.2 Å². The van der Waals surface area contributed by atoms with Crippen LogP contribution in [0.4, 0.5) is 5.69 Å². The fourth-order valence-electron chi connectivity index (χ4n) is 8.03. The zero-order valence-corrected chi connectivity index (χ0v) is 27.4. The van der Waals surface area contributed by atoms with Crippen molar-refractivity contribution in [3.8, 4) is 17.2 Å². The monoisotopic (exact) mass is 679 g/mol. The molecule has 14 heteroatoms. The molecule has 2 aromatic carbocycles. The number of thioether (sulfide) groups is 1. The van der Waals surface area contributed by atoms with Crippen LogP contribution in [-0.4, -0.2) is 70.3 Å². The number of carboxylic acids is 1. The van der Waals surface area contributed by atoms with Gasteiger partial charge < -0.3 is 29.6 Å². The number of rotatable bonds is 10. The minimum atomic E-state index is -1.23. The van der Waals surface area contributed by atoms with Crippen molar-refractivity contribution in [2.45, 2.75) is 42.5 Å². The SMILES string of the molecule is CCOc1cc([C@H]2c3sc(=O)[nH]c3SC3C4CC(C5C(=O)N(C(C)C(=O)O)C(=O)C45)C32)ccc1OCC(=O)Nc1ccc(OC)cc1. The van der Waals surface area contributed by atoms with Gasteiger partial charge >= 0.3 is 10.8 Å². The molecule has 0 spiro atoms. The first-order valence-electron chi connectivity index (χ1n) is 15.4. The smallest absolute Gasteiger partial charge is 0.326 e. The third-order valence-corrected chi connectivity index (χ3v) is 12.5. The fourth-order valence-corrected chi connectivity index (χ4v) is 10.9. The van der Waals surface area contributed by atoms with E-state index in [9.17, 15) is 29.1 Å². The summed E-state index contributed by atoms with van der Waals surface area (Å²) in [6.45, 7) is 3.30. The summed E-state index contributed by atoms with van der Waals surface area (Å²) in [5.74, 6) is -2.66. The van der Waals surface area contributed by atoms with Crippen LogP contribution in [0, 0.1) is 29.6 Å². The second-order valence-electron chi connectivity index (χ2n) is 12.2. The number of amides is 3. The highest BCUT2D eigenvalue weighted by Crippen LogP contribution is 2.68. The average Bonchev–Trinajstić information content (AvgIpc) is 3.79. The number of imide groups is 1. The first-order valence-corrected chi connectivity index (χ1v) is 17.1. The van der Waals surface area contributed by atoms with E-state index < -0.39 is 35.7 Å². The van der Waals surface area contributed by atoms with Crippen LogP contribution in [0.3, 0.4) is 0 Å². The van der Waals surface area contributed by atoms with E-state index in [0.29, 0.717) is 36.0 Å². The van der Waals surface area contributed by atoms with Gasteiger partial charge in [-0.3, -0.25) is 24.1 Å². The Balaban J connectivity index is 1.17. The summed E-state index contributed by atoms with van der Waals surface area (Å²) in [4.78, 5) is 68.9. The van der Waals surface area contributed by atoms with Gasteiger partial charge in [0.15, 0.2) is 18.1 Å². The number of aromatic nitrogens is 1. The maximum atomic E-state index is 13.7. The van der Waals surface area contributed by atoms with Crippen molar-refractivity contribution in [2.24, 2.45) is 29.6 Å². The van der Waals surface area contributed by atoms with Gasteiger partial charge in [-0.25, -0.2) is 4.79 Å². The van der Waals surface area contributed by atoms with Gasteiger partial charge in [-0.1, -0.05) is 17.4 Å². The zero-order valence-electron chi connectivity index (χ0n) is 25.8. The lowest BCUT2D eigenvalue weighted by atomic mass is 9.68. The number of anilines is 1. The molecule has 3 amide bonds. The van der Waals surface area contributed by atoms with Gasteiger partial charge in [0.25, 0.3) is 5.91 Å². The largest absolute Gasteiger partial charge is 0.497 e. The van der Waals surface area contributed by atoms with E-state index in [-0.39, 0.29) is 46.3 Å². The number of H-pyrrole nitrogens is 1. The molecule has 3 fully saturated rings. The number of ether oxygens (including phenoxy) is 3. The number of hydrogen-bond acceptors (Lipinski definition) is 10. The normalized spacial score (nSPS) is 27.6. The molecule has 8 atom stereocenters. The lowest BCUT2D eigenvalue weighted by Crippen LogP contribution is -2.44. The maximum absolute atomic E-state index is 13.7. The molecule has 7 unspecified atom stereocenters. The second-order valence-corrected chi connectivity index (χ2v) is 14.4. The van der Waals surface area contributed by atoms with E-state index in [1.807, 2.05) is 19.1 Å². The Morgan fingerprint density at radius 3 is 2.45 bits per heavy atom. The van der Waals surface area contributed by atoms with Gasteiger partial charge in [0.2, 0.25) is 11.8 Å². The quantitative estimate of drug-likeness (QED) is 0.269. The van der Waals surface area contributed by atoms with E-state index in [0.717, 1.165) is 31.7 Å². The van der Waals surface area contributed by atoms with Crippen LogP contribution in [0.15, 0.2) is 52.3 Å². The number of likely N-dealkylation sites (tertiary alicyclic amines) is 1. The topological polar surface area (TPSA) is 164 Å². The molecule has 246 valence electrons. The summed E-state index contributed by atoms with van der Waals surface area (Å²) in [5, 5.41) is 13.1. The number of carbonyl (C=O) groups excluding carboxylic acids is 3. The second kappa shape index (κ2) is 12.1. The molecular weight excluding hydrogens is 647 g/mol. The number of aliphatic carboxylic acids is 1. The summed E-state index contributed by atoms with van der Waals surface area (Å²) in [7, 11) is 1.57. The van der Waals surface area contributed by atoms with Gasteiger partial charge in [-0.2, -0.15) is 0 Å². The fraction of sp³-hybridized carbons (Fsp3) is 0.424. The Morgan fingerprint density at radius 1 is 1.04 bits per heavy atom. The van der Waals surface area contributed by atoms with Crippen LogP contribution in [0.25, 0.3) is 0 Å². The Bertz CT molecular complexity index is 1820. The highest BCUT2D eigenvalue weighted by molar-refractivity contribution is 8.00. The van der Waals surface area contributed by atoms with Gasteiger partial charge in [0.05, 0.1) is 30.6 Å². The van der Waals surface area contributed by atoms with Crippen molar-refractivity contribution < 1.29 is 38.5 Å². The molecule has 2 aliphatic heterocycles. The van der Waals surface area contributed by atoms with Crippen LogP contribution >= 0.6 is 23.1 Å². The number of thiazole rings is 1. The Kier molecular flexibility index (Phi) is 8.03. The molecule has 3 N–H and O–H groups in total. The highest BCUT2D eigenvalue weighted by atomic mass is 32.2. The Morgan fingerprint density at radius 2 is 1.77 bits per heavy atom. The third kappa shape index (κ3) is 5.17. The predicted molar refractivity (Wildman–Crippen MR) is 172 cm³/mol. The van der Waals surface area contributed by atoms with Crippen LogP contribution < -0.4 is 24.4 Å². The maximum Gasteiger partial charge on any atom is 0.326 e. The standard InChI is InChI=1S/C33H33N3O9S2/c1-4-44-21-11-15(5-10-20(21)45-13-22(37)34-16-6-8-17(43-3)9-7-16)23-24-18-12-19(27(24)46-29-28(23)47-33(42)35-29)26-25(18)30(38)36(31(26)39)14(2)32(40)41/h5-11,14,18-19,23-27H,4,12-13H2,1-3H3,(H,34,37)(H,35,42)(H,40,41)/t14?,18?,19?,23-,24?,25?,26?,27?/m1/s1. The number of hydrogen-bond donors (Lipinski definition) is 3. The van der Waals surface area contributed by atoms with Crippen molar-refractivity contribution in [3.63, 3.8) is 0 Å². The minimum Gasteiger partial charge on any atom is -0.497 e. The number of aromatic amines is 1. The molecule has 2 bridgehead atoms. The first-order chi connectivity index (χ1) is 22.6. The first kappa shape index (κ1) is 31.3. The zero-order chi connectivity index (χ0) is 33.1. The van der Waals surface area contributed by atoms with Crippen molar-refractivity contribution in [3.05, 3.63) is 62.6 Å². The predicted octanol–water partition coefficient (Wildman–Crippen LogP) is 3.81. The summed E-state index contributed by atoms with van der Waals surface area (Å²) < 4.78 is 17.0. The number of benzene rings is 2. The van der Waals surface area contributed by atoms with Crippen LogP contribution in [0.1, 0.15) is 36.6 Å². The highest BCUT2D eigenvalue weighted by Gasteiger charge is 2.70. The van der Waals surface area contributed by atoms with Gasteiger partial charge in [0.1, 0.15) is 11.8 Å². The van der Waals surface area contributed by atoms with Crippen molar-refractivity contribution in [1.29, 1.82) is 0 Å². The van der Waals surface area contributed by atoms with E-state index in [2.05, 4.69) is 10.3 Å². The van der Waals surface area contributed by atoms with Crippen LogP contribution in [0.2, 0.25) is 0 Å². The van der Waals surface area contributed by atoms with Crippen molar-refractivity contribution in [2.75, 3.05) is 25.6 Å². The molecular formula is C33H33N3O9S2. The van der Waals surface area contributed by atoms with Crippen LogP contribution in [0.5, 0.6) is 17.2 Å². The number of nitrogens with zero attached hydrogens (tertiary/aromatic N) is 1. The van der Waals surface area contributed by atoms with Gasteiger partial charge in [-0.05, 0) is 80.0 Å². The Labute approximate surface area is 277 Å².